The van der Waals surface area contributed by atoms with Crippen LogP contribution in [0.2, 0.25) is 0 Å². The first-order valence-corrected chi connectivity index (χ1v) is 10.5. The lowest BCUT2D eigenvalue weighted by molar-refractivity contribution is -0.153. The number of hydrogen-bond donors (Lipinski definition) is 1. The summed E-state index contributed by atoms with van der Waals surface area (Å²) in [6.07, 6.45) is 1.98. The molecule has 2 aromatic carbocycles. The van der Waals surface area contributed by atoms with Gasteiger partial charge < -0.3 is 10.1 Å². The summed E-state index contributed by atoms with van der Waals surface area (Å²) in [7, 11) is 0. The molecule has 7 heteroatoms. The Kier molecular flexibility index (Phi) is 5.84. The van der Waals surface area contributed by atoms with Gasteiger partial charge in [0.1, 0.15) is 6.54 Å². The second-order valence-corrected chi connectivity index (χ2v) is 7.88. The zero-order chi connectivity index (χ0) is 22.0. The van der Waals surface area contributed by atoms with Gasteiger partial charge in [0.2, 0.25) is 5.91 Å². The molecule has 0 bridgehead atoms. The fourth-order valence-corrected chi connectivity index (χ4v) is 4.06. The smallest absolute Gasteiger partial charge is 0.307 e. The van der Waals surface area contributed by atoms with Crippen molar-refractivity contribution in [3.63, 3.8) is 0 Å². The lowest BCUT2D eigenvalue weighted by Crippen LogP contribution is -2.47. The molecule has 1 atom stereocenters. The first-order chi connectivity index (χ1) is 14.9. The highest BCUT2D eigenvalue weighted by Crippen LogP contribution is 2.29. The van der Waals surface area contributed by atoms with Gasteiger partial charge in [-0.15, -0.1) is 0 Å². The van der Waals surface area contributed by atoms with Gasteiger partial charge in [-0.2, -0.15) is 0 Å². The lowest BCUT2D eigenvalue weighted by atomic mass is 10.0. The number of hydrogen-bond acceptors (Lipinski definition) is 5. The van der Waals surface area contributed by atoms with Gasteiger partial charge in [0.15, 0.2) is 11.9 Å². The van der Waals surface area contributed by atoms with Crippen molar-refractivity contribution in [1.29, 1.82) is 0 Å². The molecular formula is C24H24N2O5. The number of aryl methyl sites for hydroxylation is 2. The van der Waals surface area contributed by atoms with Crippen molar-refractivity contribution < 1.29 is 23.9 Å². The maximum absolute atomic E-state index is 12.8. The monoisotopic (exact) mass is 420 g/mol. The lowest BCUT2D eigenvalue weighted by Gasteiger charge is -2.30. The third-order valence-electron chi connectivity index (χ3n) is 5.67. The molecule has 31 heavy (non-hydrogen) atoms. The molecule has 0 unspecified atom stereocenters. The Bertz CT molecular complexity index is 1060. The summed E-state index contributed by atoms with van der Waals surface area (Å²) >= 11 is 0. The molecule has 2 aliphatic rings. The van der Waals surface area contributed by atoms with Crippen molar-refractivity contribution in [3.05, 3.63) is 59.2 Å². The Morgan fingerprint density at radius 3 is 2.68 bits per heavy atom. The molecule has 4 rings (SSSR count). The topological polar surface area (TPSA) is 92.8 Å². The van der Waals surface area contributed by atoms with Gasteiger partial charge in [-0.1, -0.05) is 24.3 Å². The molecule has 1 heterocycles. The van der Waals surface area contributed by atoms with Crippen LogP contribution in [0.25, 0.3) is 0 Å². The predicted molar refractivity (Wildman–Crippen MR) is 115 cm³/mol. The Morgan fingerprint density at radius 1 is 1.06 bits per heavy atom. The number of Topliss-reactive ketones (excluding diaryl/α,β-unsaturated/α-hetero) is 1. The van der Waals surface area contributed by atoms with E-state index in [4.69, 9.17) is 4.74 Å². The van der Waals surface area contributed by atoms with E-state index in [0.717, 1.165) is 19.3 Å². The maximum Gasteiger partial charge on any atom is 0.307 e. The van der Waals surface area contributed by atoms with Crippen molar-refractivity contribution in [2.24, 2.45) is 0 Å². The van der Waals surface area contributed by atoms with Crippen molar-refractivity contribution in [1.82, 2.24) is 0 Å². The van der Waals surface area contributed by atoms with Crippen LogP contribution in [0.4, 0.5) is 11.4 Å². The number of anilines is 2. The minimum Gasteiger partial charge on any atom is -0.453 e. The number of fused-ring (bicyclic) bond motifs is 2. The highest BCUT2D eigenvalue weighted by atomic mass is 16.5. The van der Waals surface area contributed by atoms with E-state index in [1.54, 1.807) is 24.3 Å². The van der Waals surface area contributed by atoms with E-state index in [-0.39, 0.29) is 31.1 Å². The molecule has 0 spiro atoms. The van der Waals surface area contributed by atoms with Gasteiger partial charge in [-0.3, -0.25) is 24.1 Å². The first-order valence-electron chi connectivity index (χ1n) is 10.5. The molecule has 0 aromatic heterocycles. The van der Waals surface area contributed by atoms with E-state index in [9.17, 15) is 19.2 Å². The number of amides is 2. The van der Waals surface area contributed by atoms with E-state index >= 15 is 0 Å². The summed E-state index contributed by atoms with van der Waals surface area (Å²) in [5.41, 5.74) is 4.19. The second kappa shape index (κ2) is 8.71. The van der Waals surface area contributed by atoms with Crippen LogP contribution < -0.4 is 10.2 Å². The standard InChI is InChI=1S/C24H24N2O5/c1-15(24(30)26-14-22(28)25-19-7-2-3-8-20(19)26)31-23(29)12-11-21(27)18-10-9-16-5-4-6-17(16)13-18/h2-3,7-10,13,15H,4-6,11-12,14H2,1H3,(H,25,28)/t15-/m1/s1. The van der Waals surface area contributed by atoms with Crippen LogP contribution in [0.15, 0.2) is 42.5 Å². The molecule has 1 aliphatic carbocycles. The minimum absolute atomic E-state index is 0.0213. The summed E-state index contributed by atoms with van der Waals surface area (Å²) in [5.74, 6) is -1.54. The van der Waals surface area contributed by atoms with Gasteiger partial charge >= 0.3 is 5.97 Å². The Hall–Kier alpha value is -3.48. The van der Waals surface area contributed by atoms with Crippen LogP contribution in [-0.4, -0.2) is 36.2 Å². The zero-order valence-electron chi connectivity index (χ0n) is 17.3. The number of nitrogens with one attached hydrogen (secondary N) is 1. The average Bonchev–Trinajstić information content (AvgIpc) is 3.24. The number of carbonyl (C=O) groups is 4. The van der Waals surface area contributed by atoms with Crippen molar-refractivity contribution in [2.75, 3.05) is 16.8 Å². The molecule has 1 N–H and O–H groups in total. The number of carbonyl (C=O) groups excluding carboxylic acids is 4. The molecule has 2 amide bonds. The van der Waals surface area contributed by atoms with Crippen LogP contribution in [-0.2, 0) is 32.0 Å². The third kappa shape index (κ3) is 4.50. The summed E-state index contributed by atoms with van der Waals surface area (Å²) in [6, 6.07) is 12.7. The van der Waals surface area contributed by atoms with Crippen molar-refractivity contribution >= 4 is 34.9 Å². The van der Waals surface area contributed by atoms with Crippen LogP contribution in [0, 0.1) is 0 Å². The van der Waals surface area contributed by atoms with Gasteiger partial charge in [-0.05, 0) is 55.5 Å². The summed E-state index contributed by atoms with van der Waals surface area (Å²) in [4.78, 5) is 50.7. The molecule has 0 fully saturated rings. The molecule has 0 radical (unpaired) electrons. The first kappa shape index (κ1) is 20.8. The van der Waals surface area contributed by atoms with Crippen LogP contribution >= 0.6 is 0 Å². The number of benzene rings is 2. The van der Waals surface area contributed by atoms with E-state index in [2.05, 4.69) is 5.32 Å². The highest BCUT2D eigenvalue weighted by Gasteiger charge is 2.31. The highest BCUT2D eigenvalue weighted by molar-refractivity contribution is 6.11. The second-order valence-electron chi connectivity index (χ2n) is 7.88. The molecular weight excluding hydrogens is 396 g/mol. The maximum atomic E-state index is 12.8. The molecule has 2 aromatic rings. The van der Waals surface area contributed by atoms with Crippen molar-refractivity contribution in [2.45, 2.75) is 45.1 Å². The molecule has 0 saturated carbocycles. The summed E-state index contributed by atoms with van der Waals surface area (Å²) in [5, 5.41) is 2.71. The normalized spacial score (nSPS) is 15.5. The van der Waals surface area contributed by atoms with Gasteiger partial charge in [0.05, 0.1) is 17.8 Å². The number of rotatable bonds is 6. The van der Waals surface area contributed by atoms with E-state index in [0.29, 0.717) is 16.9 Å². The van der Waals surface area contributed by atoms with Gasteiger partial charge in [0.25, 0.3) is 5.91 Å². The number of nitrogens with zero attached hydrogens (tertiary/aromatic N) is 1. The van der Waals surface area contributed by atoms with Gasteiger partial charge in [-0.25, -0.2) is 0 Å². The molecule has 160 valence electrons. The van der Waals surface area contributed by atoms with Crippen LogP contribution in [0.1, 0.15) is 47.7 Å². The van der Waals surface area contributed by atoms with E-state index in [1.807, 2.05) is 18.2 Å². The fourth-order valence-electron chi connectivity index (χ4n) is 4.06. The predicted octanol–water partition coefficient (Wildman–Crippen LogP) is 3.06. The third-order valence-corrected chi connectivity index (χ3v) is 5.67. The number of ether oxygens (including phenoxy) is 1. The summed E-state index contributed by atoms with van der Waals surface area (Å²) in [6.45, 7) is 1.33. The quantitative estimate of drug-likeness (QED) is 0.573. The minimum atomic E-state index is -1.07. The van der Waals surface area contributed by atoms with Crippen molar-refractivity contribution in [3.8, 4) is 0 Å². The Labute approximate surface area is 180 Å². The number of ketones is 1. The van der Waals surface area contributed by atoms with Gasteiger partial charge in [0, 0.05) is 12.0 Å². The number of para-hydroxylation sites is 2. The SMILES string of the molecule is C[C@@H](OC(=O)CCC(=O)c1ccc2c(c1)CCC2)C(=O)N1CC(=O)Nc2ccccc21. The van der Waals surface area contributed by atoms with Crippen LogP contribution in [0.5, 0.6) is 0 Å². The molecule has 7 nitrogen and oxygen atoms in total. The Balaban J connectivity index is 1.33. The fraction of sp³-hybridized carbons (Fsp3) is 0.333. The van der Waals surface area contributed by atoms with Crippen LogP contribution in [0.3, 0.4) is 0 Å². The van der Waals surface area contributed by atoms with E-state index in [1.165, 1.54) is 23.0 Å². The molecule has 0 saturated heterocycles. The molecule has 1 aliphatic heterocycles. The average molecular weight is 420 g/mol. The number of esters is 1. The van der Waals surface area contributed by atoms with E-state index < -0.39 is 18.0 Å². The zero-order valence-corrected chi connectivity index (χ0v) is 17.3. The summed E-state index contributed by atoms with van der Waals surface area (Å²) < 4.78 is 5.26. The Morgan fingerprint density at radius 2 is 1.84 bits per heavy atom. The largest absolute Gasteiger partial charge is 0.453 e.